The Morgan fingerprint density at radius 1 is 1.08 bits per heavy atom. The Hall–Kier alpha value is -1.62. The molecule has 2 aliphatic rings. The van der Waals surface area contributed by atoms with Crippen molar-refractivity contribution in [1.29, 1.82) is 0 Å². The summed E-state index contributed by atoms with van der Waals surface area (Å²) in [5.41, 5.74) is 8.92. The van der Waals surface area contributed by atoms with E-state index in [2.05, 4.69) is 36.1 Å². The molecule has 0 bridgehead atoms. The summed E-state index contributed by atoms with van der Waals surface area (Å²) in [5.74, 6) is 1.16. The third-order valence-electron chi connectivity index (χ3n) is 5.67. The second-order valence-corrected chi connectivity index (χ2v) is 7.67. The summed E-state index contributed by atoms with van der Waals surface area (Å²) in [7, 11) is 0. The number of aryl methyl sites for hydroxylation is 2. The Kier molecular flexibility index (Phi) is 5.39. The number of carbonyl (C=O) groups is 1. The van der Waals surface area contributed by atoms with Gasteiger partial charge < -0.3 is 5.32 Å². The Balaban J connectivity index is 1.50. The van der Waals surface area contributed by atoms with Gasteiger partial charge >= 0.3 is 0 Å². The Morgan fingerprint density at radius 3 is 2.71 bits per heavy atom. The summed E-state index contributed by atoms with van der Waals surface area (Å²) >= 11 is 5.34. The van der Waals surface area contributed by atoms with Gasteiger partial charge in [0, 0.05) is 11.6 Å². The van der Waals surface area contributed by atoms with Crippen molar-refractivity contribution < 1.29 is 4.79 Å². The molecule has 0 saturated heterocycles. The van der Waals surface area contributed by atoms with Crippen LogP contribution in [0.5, 0.6) is 0 Å². The predicted molar refractivity (Wildman–Crippen MR) is 101 cm³/mol. The first-order valence-corrected chi connectivity index (χ1v) is 9.44. The van der Waals surface area contributed by atoms with Gasteiger partial charge in [0.15, 0.2) is 5.11 Å². The van der Waals surface area contributed by atoms with E-state index in [1.54, 1.807) is 0 Å². The fourth-order valence-corrected chi connectivity index (χ4v) is 4.09. The van der Waals surface area contributed by atoms with E-state index >= 15 is 0 Å². The quantitative estimate of drug-likeness (QED) is 0.569. The van der Waals surface area contributed by atoms with Crippen molar-refractivity contribution in [2.24, 2.45) is 11.8 Å². The van der Waals surface area contributed by atoms with E-state index in [0.29, 0.717) is 28.6 Å². The molecular weight excluding hydrogens is 318 g/mol. The molecule has 3 N–H and O–H groups in total. The molecule has 0 heterocycles. The molecule has 1 aromatic rings. The molecule has 1 fully saturated rings. The zero-order valence-corrected chi connectivity index (χ0v) is 15.3. The molecule has 24 heavy (non-hydrogen) atoms. The van der Waals surface area contributed by atoms with Crippen molar-refractivity contribution >= 4 is 23.2 Å². The van der Waals surface area contributed by atoms with E-state index in [4.69, 9.17) is 12.2 Å². The number of hydrogen-bond donors (Lipinski definition) is 3. The van der Waals surface area contributed by atoms with Crippen LogP contribution in [0, 0.1) is 11.8 Å². The Labute approximate surface area is 149 Å². The number of carbonyl (C=O) groups excluding carboxylic acids is 1. The molecule has 0 spiro atoms. The van der Waals surface area contributed by atoms with E-state index in [1.807, 2.05) is 12.1 Å². The first-order valence-electron chi connectivity index (χ1n) is 9.03. The molecule has 0 unspecified atom stereocenters. The molecule has 0 aromatic heterocycles. The minimum atomic E-state index is -0.140. The van der Waals surface area contributed by atoms with Crippen molar-refractivity contribution in [1.82, 2.24) is 16.2 Å². The van der Waals surface area contributed by atoms with Gasteiger partial charge in [-0.2, -0.15) is 0 Å². The van der Waals surface area contributed by atoms with Crippen LogP contribution in [0.4, 0.5) is 0 Å². The normalized spacial score (nSPS) is 25.7. The fraction of sp³-hybridized carbons (Fsp3) is 0.579. The molecule has 1 aromatic carbocycles. The number of benzene rings is 1. The molecule has 3 atom stereocenters. The van der Waals surface area contributed by atoms with Crippen LogP contribution in [0.15, 0.2) is 18.2 Å². The van der Waals surface area contributed by atoms with Gasteiger partial charge in [0.05, 0.1) is 0 Å². The van der Waals surface area contributed by atoms with E-state index in [9.17, 15) is 4.79 Å². The van der Waals surface area contributed by atoms with Gasteiger partial charge in [-0.3, -0.25) is 15.6 Å². The average Bonchev–Trinajstić information content (AvgIpc) is 3.04. The molecular formula is C19H27N3OS. The maximum absolute atomic E-state index is 12.3. The molecule has 1 amide bonds. The smallest absolute Gasteiger partial charge is 0.269 e. The number of amides is 1. The van der Waals surface area contributed by atoms with Gasteiger partial charge in [-0.05, 0) is 73.0 Å². The predicted octanol–water partition coefficient (Wildman–Crippen LogP) is 3.11. The zero-order chi connectivity index (χ0) is 17.1. The Morgan fingerprint density at radius 2 is 1.88 bits per heavy atom. The third-order valence-corrected chi connectivity index (χ3v) is 5.89. The summed E-state index contributed by atoms with van der Waals surface area (Å²) in [6, 6.07) is 6.34. The van der Waals surface area contributed by atoms with Crippen molar-refractivity contribution in [3.63, 3.8) is 0 Å². The molecule has 2 aliphatic carbocycles. The first-order chi connectivity index (χ1) is 11.5. The lowest BCUT2D eigenvalue weighted by Gasteiger charge is -2.35. The molecule has 130 valence electrons. The van der Waals surface area contributed by atoms with Crippen LogP contribution in [0.25, 0.3) is 0 Å². The number of rotatable bonds is 2. The van der Waals surface area contributed by atoms with Crippen LogP contribution in [-0.2, 0) is 12.8 Å². The van der Waals surface area contributed by atoms with Crippen LogP contribution in [-0.4, -0.2) is 17.1 Å². The lowest BCUT2D eigenvalue weighted by Crippen LogP contribution is -2.52. The zero-order valence-electron chi connectivity index (χ0n) is 14.5. The summed E-state index contributed by atoms with van der Waals surface area (Å²) in [5, 5.41) is 3.85. The maximum Gasteiger partial charge on any atom is 0.269 e. The van der Waals surface area contributed by atoms with Crippen LogP contribution < -0.4 is 16.2 Å². The summed E-state index contributed by atoms with van der Waals surface area (Å²) < 4.78 is 0. The van der Waals surface area contributed by atoms with Crippen molar-refractivity contribution in [2.45, 2.75) is 58.4 Å². The fourth-order valence-electron chi connectivity index (χ4n) is 3.89. The number of fused-ring (bicyclic) bond motifs is 1. The highest BCUT2D eigenvalue weighted by Crippen LogP contribution is 2.29. The summed E-state index contributed by atoms with van der Waals surface area (Å²) in [6.07, 6.45) is 7.03. The van der Waals surface area contributed by atoms with Crippen molar-refractivity contribution in [2.75, 3.05) is 0 Å². The SMILES string of the molecule is C[C@@H]1[C@H](C)CCC[C@@H]1NC(=S)NNC(=O)c1ccc2c(c1)CCC2. The van der Waals surface area contributed by atoms with Crippen molar-refractivity contribution in [3.8, 4) is 0 Å². The monoisotopic (exact) mass is 345 g/mol. The van der Waals surface area contributed by atoms with Gasteiger partial charge in [0.2, 0.25) is 0 Å². The number of thiocarbonyl (C=S) groups is 1. The van der Waals surface area contributed by atoms with E-state index in [1.165, 1.54) is 30.4 Å². The van der Waals surface area contributed by atoms with Crippen LogP contribution in [0.1, 0.15) is 61.0 Å². The maximum atomic E-state index is 12.3. The topological polar surface area (TPSA) is 53.2 Å². The second kappa shape index (κ2) is 7.51. The lowest BCUT2D eigenvalue weighted by atomic mass is 9.78. The van der Waals surface area contributed by atoms with E-state index in [0.717, 1.165) is 19.3 Å². The highest BCUT2D eigenvalue weighted by atomic mass is 32.1. The van der Waals surface area contributed by atoms with Crippen molar-refractivity contribution in [3.05, 3.63) is 34.9 Å². The van der Waals surface area contributed by atoms with Gasteiger partial charge in [-0.15, -0.1) is 0 Å². The largest absolute Gasteiger partial charge is 0.358 e. The van der Waals surface area contributed by atoms with Gasteiger partial charge in [0.1, 0.15) is 0 Å². The average molecular weight is 346 g/mol. The van der Waals surface area contributed by atoms with Gasteiger partial charge in [0.25, 0.3) is 5.91 Å². The first kappa shape index (κ1) is 17.2. The van der Waals surface area contributed by atoms with E-state index in [-0.39, 0.29) is 5.91 Å². The standard InChI is InChI=1S/C19H27N3OS/c1-12-5-3-8-17(13(12)2)20-19(24)22-21-18(23)16-10-9-14-6-4-7-15(14)11-16/h9-13,17H,3-8H2,1-2H3,(H,21,23)(H2,20,22,24)/t12-,13-,17+/m1/s1. The van der Waals surface area contributed by atoms with E-state index < -0.39 is 0 Å². The molecule has 0 radical (unpaired) electrons. The van der Waals surface area contributed by atoms with Crippen LogP contribution in [0.3, 0.4) is 0 Å². The second-order valence-electron chi connectivity index (χ2n) is 7.26. The molecule has 5 heteroatoms. The highest BCUT2D eigenvalue weighted by Gasteiger charge is 2.27. The molecule has 3 rings (SSSR count). The number of nitrogens with one attached hydrogen (secondary N) is 3. The highest BCUT2D eigenvalue weighted by molar-refractivity contribution is 7.80. The lowest BCUT2D eigenvalue weighted by molar-refractivity contribution is 0.0943. The van der Waals surface area contributed by atoms with Crippen LogP contribution >= 0.6 is 12.2 Å². The number of hydrogen-bond acceptors (Lipinski definition) is 2. The molecule has 4 nitrogen and oxygen atoms in total. The summed E-state index contributed by atoms with van der Waals surface area (Å²) in [4.78, 5) is 12.3. The Bertz CT molecular complexity index is 631. The van der Waals surface area contributed by atoms with Gasteiger partial charge in [-0.1, -0.05) is 32.8 Å². The minimum absolute atomic E-state index is 0.140. The summed E-state index contributed by atoms with van der Waals surface area (Å²) in [6.45, 7) is 4.57. The van der Waals surface area contributed by atoms with Gasteiger partial charge in [-0.25, -0.2) is 0 Å². The number of hydrazine groups is 1. The molecule has 1 saturated carbocycles. The van der Waals surface area contributed by atoms with Crippen LogP contribution in [0.2, 0.25) is 0 Å². The third kappa shape index (κ3) is 3.89. The molecule has 0 aliphatic heterocycles. The minimum Gasteiger partial charge on any atom is -0.358 e.